The van der Waals surface area contributed by atoms with Gasteiger partial charge in [-0.05, 0) is 37.3 Å². The van der Waals surface area contributed by atoms with E-state index in [0.717, 1.165) is 25.0 Å². The van der Waals surface area contributed by atoms with E-state index in [4.69, 9.17) is 0 Å². The molecule has 2 bridgehead atoms. The van der Waals surface area contributed by atoms with Gasteiger partial charge in [-0.1, -0.05) is 0 Å². The van der Waals surface area contributed by atoms with Crippen molar-refractivity contribution in [2.24, 2.45) is 11.8 Å². The molecule has 0 spiro atoms. The van der Waals surface area contributed by atoms with Crippen LogP contribution >= 0.6 is 0 Å². The largest absolute Gasteiger partial charge is 0.540 e. The third-order valence-electron chi connectivity index (χ3n) is 5.27. The second kappa shape index (κ2) is 5.72. The molecule has 25 heavy (non-hydrogen) atoms. The zero-order chi connectivity index (χ0) is 17.7. The van der Waals surface area contributed by atoms with Crippen LogP contribution in [-0.2, 0) is 20.9 Å². The first-order chi connectivity index (χ1) is 11.9. The summed E-state index contributed by atoms with van der Waals surface area (Å²) in [5.74, 6) is -2.86. The van der Waals surface area contributed by atoms with E-state index in [-0.39, 0.29) is 41.5 Å². The molecule has 1 aliphatic carbocycles. The minimum Gasteiger partial charge on any atom is -0.540 e. The smallest absolute Gasteiger partial charge is 0.274 e. The van der Waals surface area contributed by atoms with Crippen LogP contribution in [0.4, 0.5) is 5.69 Å². The Morgan fingerprint density at radius 3 is 2.56 bits per heavy atom. The summed E-state index contributed by atoms with van der Waals surface area (Å²) in [4.78, 5) is 48.4. The van der Waals surface area contributed by atoms with Crippen LogP contribution in [0.15, 0.2) is 16.9 Å². The van der Waals surface area contributed by atoms with E-state index in [1.54, 1.807) is 16.7 Å². The van der Waals surface area contributed by atoms with Crippen molar-refractivity contribution in [1.29, 1.82) is 0 Å². The van der Waals surface area contributed by atoms with Gasteiger partial charge in [0.15, 0.2) is 0 Å². The van der Waals surface area contributed by atoms with E-state index in [2.05, 4.69) is 5.32 Å². The highest BCUT2D eigenvalue weighted by Crippen LogP contribution is 2.35. The van der Waals surface area contributed by atoms with Gasteiger partial charge >= 0.3 is 0 Å². The predicted molar refractivity (Wildman–Crippen MR) is 84.5 cm³/mol. The van der Waals surface area contributed by atoms with Crippen LogP contribution < -0.4 is 16.0 Å². The maximum Gasteiger partial charge on any atom is 0.274 e. The molecule has 1 aromatic heterocycles. The Balaban J connectivity index is 1.60. The lowest BCUT2D eigenvalue weighted by Gasteiger charge is -2.42. The molecule has 3 heterocycles. The molecule has 2 fully saturated rings. The third-order valence-corrected chi connectivity index (χ3v) is 5.27. The number of carbonyl (C=O) groups excluding carboxylic acids is 3. The number of pyridine rings is 1. The van der Waals surface area contributed by atoms with E-state index in [1.807, 2.05) is 0 Å². The van der Waals surface area contributed by atoms with Crippen molar-refractivity contribution in [3.8, 4) is 0 Å². The highest BCUT2D eigenvalue weighted by molar-refractivity contribution is 6.30. The minimum atomic E-state index is -1.70. The lowest BCUT2D eigenvalue weighted by molar-refractivity contribution is -0.302. The first kappa shape index (κ1) is 15.9. The van der Waals surface area contributed by atoms with Crippen LogP contribution in [0.5, 0.6) is 0 Å². The number of nitrogens with one attached hydrogen (secondary N) is 1. The molecule has 4 rings (SSSR count). The number of likely N-dealkylation sites (tertiary alicyclic amines) is 1. The molecule has 3 aliphatic rings. The number of hydrogen-bond acceptors (Lipinski definition) is 5. The summed E-state index contributed by atoms with van der Waals surface area (Å²) < 4.78 is 1.65. The van der Waals surface area contributed by atoms with Crippen LogP contribution in [0.1, 0.15) is 30.9 Å². The number of nitrogens with zero attached hydrogens (tertiary/aromatic N) is 2. The standard InChI is InChI=1S/C17H19N3O5/c21-14(10-1-2-10)18-12-3-4-13-11-5-9(7-20(13)15(12)22)6-19(8-11)16(23)17(24)25/h3-4,9-11H,1-2,5-8H2,(H,18,21)(H,24,25)/p-1/t9-,11+/m0/s1. The number of amides is 2. The van der Waals surface area contributed by atoms with Crippen molar-refractivity contribution < 1.29 is 19.5 Å². The molecule has 1 saturated carbocycles. The van der Waals surface area contributed by atoms with Crippen LogP contribution in [0.3, 0.4) is 0 Å². The first-order valence-corrected chi connectivity index (χ1v) is 8.49. The number of fused-ring (bicyclic) bond motifs is 4. The summed E-state index contributed by atoms with van der Waals surface area (Å²) in [6.07, 6.45) is 2.54. The fourth-order valence-electron chi connectivity index (χ4n) is 3.92. The number of aromatic nitrogens is 1. The second-order valence-electron chi connectivity index (χ2n) is 7.15. The molecular weight excluding hydrogens is 326 g/mol. The van der Waals surface area contributed by atoms with E-state index in [1.165, 1.54) is 4.90 Å². The van der Waals surface area contributed by atoms with Gasteiger partial charge in [0, 0.05) is 37.2 Å². The van der Waals surface area contributed by atoms with E-state index in [9.17, 15) is 24.3 Å². The van der Waals surface area contributed by atoms with E-state index < -0.39 is 11.9 Å². The summed E-state index contributed by atoms with van der Waals surface area (Å²) in [6, 6.07) is 3.39. The molecule has 2 atom stereocenters. The molecule has 0 radical (unpaired) electrons. The maximum absolute atomic E-state index is 12.7. The van der Waals surface area contributed by atoms with Gasteiger partial charge in [-0.3, -0.25) is 14.4 Å². The molecule has 0 unspecified atom stereocenters. The predicted octanol–water partition coefficient (Wildman–Crippen LogP) is -1.11. The Morgan fingerprint density at radius 1 is 1.12 bits per heavy atom. The SMILES string of the molecule is O=C([O-])C(=O)N1C[C@@H]2C[C@H](C1)c1ccc(NC(=O)C3CC3)c(=O)n1C2. The van der Waals surface area contributed by atoms with Gasteiger partial charge in [0.05, 0.1) is 0 Å². The molecule has 8 nitrogen and oxygen atoms in total. The van der Waals surface area contributed by atoms with Crippen LogP contribution in [-0.4, -0.2) is 40.3 Å². The summed E-state index contributed by atoms with van der Waals surface area (Å²) in [7, 11) is 0. The first-order valence-electron chi connectivity index (χ1n) is 8.49. The van der Waals surface area contributed by atoms with Crippen molar-refractivity contribution in [2.75, 3.05) is 18.4 Å². The average Bonchev–Trinajstić information content (AvgIpc) is 3.42. The molecule has 1 aromatic rings. The highest BCUT2D eigenvalue weighted by Gasteiger charge is 2.37. The number of piperidine rings is 1. The Labute approximate surface area is 143 Å². The lowest BCUT2D eigenvalue weighted by atomic mass is 9.83. The Hall–Kier alpha value is -2.64. The number of carboxylic acid groups (broad SMARTS) is 1. The van der Waals surface area contributed by atoms with Crippen LogP contribution in [0.25, 0.3) is 0 Å². The van der Waals surface area contributed by atoms with Gasteiger partial charge in [-0.15, -0.1) is 0 Å². The number of hydrogen-bond donors (Lipinski definition) is 1. The monoisotopic (exact) mass is 344 g/mol. The molecule has 2 aliphatic heterocycles. The van der Waals surface area contributed by atoms with Gasteiger partial charge in [0.1, 0.15) is 11.7 Å². The van der Waals surface area contributed by atoms with Gasteiger partial charge in [0.2, 0.25) is 5.91 Å². The Bertz CT molecular complexity index is 826. The quantitative estimate of drug-likeness (QED) is 0.684. The molecule has 1 saturated heterocycles. The number of anilines is 1. The van der Waals surface area contributed by atoms with Crippen molar-refractivity contribution in [2.45, 2.75) is 31.7 Å². The van der Waals surface area contributed by atoms with Gasteiger partial charge in [-0.25, -0.2) is 0 Å². The lowest BCUT2D eigenvalue weighted by Crippen LogP contribution is -2.53. The normalized spacial score (nSPS) is 24.4. The summed E-state index contributed by atoms with van der Waals surface area (Å²) in [5, 5.41) is 13.5. The molecule has 132 valence electrons. The molecular formula is C17H18N3O5-. The number of carboxylic acids is 1. The Morgan fingerprint density at radius 2 is 1.88 bits per heavy atom. The van der Waals surface area contributed by atoms with Crippen LogP contribution in [0.2, 0.25) is 0 Å². The highest BCUT2D eigenvalue weighted by atomic mass is 16.4. The zero-order valence-corrected chi connectivity index (χ0v) is 13.6. The summed E-state index contributed by atoms with van der Waals surface area (Å²) in [5.41, 5.74) is 0.825. The molecule has 1 N–H and O–H groups in total. The molecule has 2 amide bonds. The zero-order valence-electron chi connectivity index (χ0n) is 13.6. The van der Waals surface area contributed by atoms with E-state index in [0.29, 0.717) is 13.1 Å². The minimum absolute atomic E-state index is 0.0154. The number of carbonyl (C=O) groups is 3. The fourth-order valence-corrected chi connectivity index (χ4v) is 3.92. The maximum atomic E-state index is 12.7. The number of rotatable bonds is 2. The molecule has 8 heteroatoms. The van der Waals surface area contributed by atoms with Gasteiger partial charge in [0.25, 0.3) is 11.5 Å². The number of aliphatic carboxylic acids is 1. The van der Waals surface area contributed by atoms with Crippen molar-refractivity contribution in [3.05, 3.63) is 28.2 Å². The summed E-state index contributed by atoms with van der Waals surface area (Å²) >= 11 is 0. The van der Waals surface area contributed by atoms with Crippen molar-refractivity contribution in [3.63, 3.8) is 0 Å². The van der Waals surface area contributed by atoms with E-state index >= 15 is 0 Å². The third kappa shape index (κ3) is 2.81. The van der Waals surface area contributed by atoms with Crippen molar-refractivity contribution in [1.82, 2.24) is 9.47 Å². The molecule has 0 aromatic carbocycles. The second-order valence-corrected chi connectivity index (χ2v) is 7.15. The average molecular weight is 344 g/mol. The van der Waals surface area contributed by atoms with Crippen molar-refractivity contribution >= 4 is 23.5 Å². The van der Waals surface area contributed by atoms with Crippen LogP contribution in [0, 0.1) is 11.8 Å². The topological polar surface area (TPSA) is 112 Å². The van der Waals surface area contributed by atoms with Gasteiger partial charge < -0.3 is 24.7 Å². The fraction of sp³-hybridized carbons (Fsp3) is 0.529. The Kier molecular flexibility index (Phi) is 3.63. The van der Waals surface area contributed by atoms with Gasteiger partial charge in [-0.2, -0.15) is 0 Å². The summed E-state index contributed by atoms with van der Waals surface area (Å²) in [6.45, 7) is 0.971.